The van der Waals surface area contributed by atoms with Gasteiger partial charge in [0.15, 0.2) is 0 Å². The van der Waals surface area contributed by atoms with Gasteiger partial charge in [-0.1, -0.05) is 34.1 Å². The Morgan fingerprint density at radius 3 is 2.74 bits per heavy atom. The predicted molar refractivity (Wildman–Crippen MR) is 78.1 cm³/mol. The van der Waals surface area contributed by atoms with E-state index in [0.29, 0.717) is 12.2 Å². The fourth-order valence-electron chi connectivity index (χ4n) is 1.70. The molecule has 1 amide bonds. The van der Waals surface area contributed by atoms with Crippen LogP contribution in [-0.2, 0) is 6.54 Å². The predicted octanol–water partition coefficient (Wildman–Crippen LogP) is 2.87. The average Bonchev–Trinajstić information content (AvgIpc) is 2.42. The Bertz CT molecular complexity index is 614. The zero-order chi connectivity index (χ0) is 13.8. The second kappa shape index (κ2) is 5.86. The van der Waals surface area contributed by atoms with Crippen LogP contribution in [0.1, 0.15) is 15.9 Å². The number of amides is 1. The van der Waals surface area contributed by atoms with Gasteiger partial charge in [0.2, 0.25) is 0 Å². The summed E-state index contributed by atoms with van der Waals surface area (Å²) in [5.74, 6) is -0.439. The third-order valence-corrected chi connectivity index (χ3v) is 3.18. The van der Waals surface area contributed by atoms with E-state index in [1.165, 1.54) is 6.07 Å². The Kier molecular flexibility index (Phi) is 4.19. The van der Waals surface area contributed by atoms with Crippen molar-refractivity contribution < 1.29 is 9.90 Å². The molecule has 0 radical (unpaired) electrons. The fraction of sp³-hybridized carbons (Fsp3) is 0.0714. The van der Waals surface area contributed by atoms with E-state index in [2.05, 4.69) is 21.2 Å². The first kappa shape index (κ1) is 13.6. The second-order valence-electron chi connectivity index (χ2n) is 3.98. The summed E-state index contributed by atoms with van der Waals surface area (Å²) in [6, 6.07) is 12.0. The van der Waals surface area contributed by atoms with Gasteiger partial charge in [-0.15, -0.1) is 0 Å². The van der Waals surface area contributed by atoms with Gasteiger partial charge in [0.05, 0.1) is 5.56 Å². The molecule has 4 N–H and O–H groups in total. The van der Waals surface area contributed by atoms with Crippen LogP contribution in [0.25, 0.3) is 0 Å². The maximum atomic E-state index is 12.1. The highest BCUT2D eigenvalue weighted by atomic mass is 79.9. The third kappa shape index (κ3) is 3.13. The molecule has 0 bridgehead atoms. The number of hydrogen-bond acceptors (Lipinski definition) is 3. The number of carbonyl (C=O) groups is 1. The van der Waals surface area contributed by atoms with E-state index >= 15 is 0 Å². The molecule has 0 aromatic heterocycles. The van der Waals surface area contributed by atoms with Crippen molar-refractivity contribution in [1.82, 2.24) is 0 Å². The van der Waals surface area contributed by atoms with E-state index in [1.807, 2.05) is 18.2 Å². The minimum Gasteiger partial charge on any atom is -0.507 e. The Balaban J connectivity index is 2.28. The maximum absolute atomic E-state index is 12.1. The molecule has 0 heterocycles. The second-order valence-corrected chi connectivity index (χ2v) is 4.89. The standard InChI is InChI=1S/C14H13BrN2O2/c15-10-5-6-13(18)11(7-10)14(19)17-12-4-2-1-3-9(12)8-16/h1-7,18H,8,16H2,(H,17,19). The number of nitrogens with two attached hydrogens (primary N) is 1. The molecule has 19 heavy (non-hydrogen) atoms. The molecule has 0 saturated heterocycles. The minimum atomic E-state index is -0.375. The summed E-state index contributed by atoms with van der Waals surface area (Å²) in [5.41, 5.74) is 7.31. The van der Waals surface area contributed by atoms with Gasteiger partial charge in [-0.3, -0.25) is 4.79 Å². The lowest BCUT2D eigenvalue weighted by molar-refractivity contribution is 0.102. The monoisotopic (exact) mass is 320 g/mol. The third-order valence-electron chi connectivity index (χ3n) is 2.69. The van der Waals surface area contributed by atoms with Gasteiger partial charge in [0, 0.05) is 16.7 Å². The summed E-state index contributed by atoms with van der Waals surface area (Å²) in [4.78, 5) is 12.1. The van der Waals surface area contributed by atoms with Gasteiger partial charge in [-0.05, 0) is 29.8 Å². The van der Waals surface area contributed by atoms with Crippen LogP contribution >= 0.6 is 15.9 Å². The first-order chi connectivity index (χ1) is 9.11. The molecule has 0 aliphatic carbocycles. The van der Waals surface area contributed by atoms with Crippen molar-refractivity contribution in [2.45, 2.75) is 6.54 Å². The van der Waals surface area contributed by atoms with E-state index in [1.54, 1.807) is 18.2 Å². The number of benzene rings is 2. The number of halogens is 1. The smallest absolute Gasteiger partial charge is 0.259 e. The first-order valence-corrected chi connectivity index (χ1v) is 6.49. The SMILES string of the molecule is NCc1ccccc1NC(=O)c1cc(Br)ccc1O. The van der Waals surface area contributed by atoms with Crippen molar-refractivity contribution in [3.8, 4) is 5.75 Å². The van der Waals surface area contributed by atoms with Crippen LogP contribution in [0.2, 0.25) is 0 Å². The molecule has 4 nitrogen and oxygen atoms in total. The van der Waals surface area contributed by atoms with Crippen LogP contribution < -0.4 is 11.1 Å². The van der Waals surface area contributed by atoms with E-state index in [9.17, 15) is 9.90 Å². The Morgan fingerprint density at radius 1 is 1.26 bits per heavy atom. The van der Waals surface area contributed by atoms with Crippen LogP contribution in [0.5, 0.6) is 5.75 Å². The molecule has 0 fully saturated rings. The van der Waals surface area contributed by atoms with Gasteiger partial charge in [0.1, 0.15) is 5.75 Å². The number of aromatic hydroxyl groups is 1. The van der Waals surface area contributed by atoms with Gasteiger partial charge >= 0.3 is 0 Å². The number of rotatable bonds is 3. The highest BCUT2D eigenvalue weighted by molar-refractivity contribution is 9.10. The molecule has 0 aliphatic heterocycles. The van der Waals surface area contributed by atoms with Crippen LogP contribution in [0.3, 0.4) is 0 Å². The largest absolute Gasteiger partial charge is 0.507 e. The molecule has 0 atom stereocenters. The number of nitrogens with one attached hydrogen (secondary N) is 1. The number of hydrogen-bond donors (Lipinski definition) is 3. The van der Waals surface area contributed by atoms with E-state index in [4.69, 9.17) is 5.73 Å². The van der Waals surface area contributed by atoms with Crippen LogP contribution in [0.4, 0.5) is 5.69 Å². The molecule has 2 aromatic carbocycles. The van der Waals surface area contributed by atoms with E-state index in [-0.39, 0.29) is 17.2 Å². The van der Waals surface area contributed by atoms with Crippen molar-refractivity contribution >= 4 is 27.5 Å². The zero-order valence-electron chi connectivity index (χ0n) is 10.1. The van der Waals surface area contributed by atoms with Gasteiger partial charge in [0.25, 0.3) is 5.91 Å². The van der Waals surface area contributed by atoms with Crippen molar-refractivity contribution in [2.24, 2.45) is 5.73 Å². The van der Waals surface area contributed by atoms with E-state index < -0.39 is 0 Å². The van der Waals surface area contributed by atoms with Crippen molar-refractivity contribution in [2.75, 3.05) is 5.32 Å². The lowest BCUT2D eigenvalue weighted by Gasteiger charge is -2.10. The van der Waals surface area contributed by atoms with Gasteiger partial charge < -0.3 is 16.2 Å². The number of phenolic OH excluding ortho intramolecular Hbond substituents is 1. The van der Waals surface area contributed by atoms with Crippen molar-refractivity contribution in [3.63, 3.8) is 0 Å². The zero-order valence-corrected chi connectivity index (χ0v) is 11.6. The number of phenols is 1. The Hall–Kier alpha value is -1.85. The maximum Gasteiger partial charge on any atom is 0.259 e. The number of anilines is 1. The van der Waals surface area contributed by atoms with Crippen LogP contribution in [0, 0.1) is 0 Å². The molecule has 98 valence electrons. The summed E-state index contributed by atoms with van der Waals surface area (Å²) in [6.07, 6.45) is 0. The normalized spacial score (nSPS) is 10.2. The van der Waals surface area contributed by atoms with E-state index in [0.717, 1.165) is 10.0 Å². The van der Waals surface area contributed by atoms with Crippen molar-refractivity contribution in [3.05, 3.63) is 58.1 Å². The van der Waals surface area contributed by atoms with Crippen LogP contribution in [-0.4, -0.2) is 11.0 Å². The Labute approximate surface area is 119 Å². The molecular weight excluding hydrogens is 308 g/mol. The molecule has 0 aliphatic rings. The lowest BCUT2D eigenvalue weighted by Crippen LogP contribution is -2.14. The summed E-state index contributed by atoms with van der Waals surface area (Å²) < 4.78 is 0.725. The Morgan fingerprint density at radius 2 is 2.00 bits per heavy atom. The average molecular weight is 321 g/mol. The highest BCUT2D eigenvalue weighted by Gasteiger charge is 2.13. The fourth-order valence-corrected chi connectivity index (χ4v) is 2.06. The quantitative estimate of drug-likeness (QED) is 0.814. The highest BCUT2D eigenvalue weighted by Crippen LogP contribution is 2.23. The molecule has 2 aromatic rings. The summed E-state index contributed by atoms with van der Waals surface area (Å²) in [6.45, 7) is 0.334. The summed E-state index contributed by atoms with van der Waals surface area (Å²) >= 11 is 3.27. The minimum absolute atomic E-state index is 0.0640. The van der Waals surface area contributed by atoms with Crippen molar-refractivity contribution in [1.29, 1.82) is 0 Å². The topological polar surface area (TPSA) is 75.3 Å². The molecule has 0 unspecified atom stereocenters. The lowest BCUT2D eigenvalue weighted by atomic mass is 10.1. The summed E-state index contributed by atoms with van der Waals surface area (Å²) in [5, 5.41) is 12.4. The molecule has 5 heteroatoms. The number of para-hydroxylation sites is 1. The van der Waals surface area contributed by atoms with Crippen LogP contribution in [0.15, 0.2) is 46.9 Å². The van der Waals surface area contributed by atoms with Gasteiger partial charge in [-0.2, -0.15) is 0 Å². The van der Waals surface area contributed by atoms with Gasteiger partial charge in [-0.25, -0.2) is 0 Å². The first-order valence-electron chi connectivity index (χ1n) is 5.69. The molecule has 0 saturated carbocycles. The molecule has 0 spiro atoms. The summed E-state index contributed by atoms with van der Waals surface area (Å²) in [7, 11) is 0. The number of carbonyl (C=O) groups excluding carboxylic acids is 1. The molecular formula is C14H13BrN2O2. The molecule has 2 rings (SSSR count).